The standard InChI is InChI=1S/C13H5Cl3F2N2S/c14-6-3-10-11(4-7(6)15)20(13(21)19-10)12-8(16)1-5(17)2-9(12)18/h1-4H,(H,19,21). The third-order valence-corrected chi connectivity index (χ3v) is 4.22. The van der Waals surface area contributed by atoms with Gasteiger partial charge in [0.15, 0.2) is 10.6 Å². The minimum absolute atomic E-state index is 0.0484. The summed E-state index contributed by atoms with van der Waals surface area (Å²) in [6.45, 7) is 0. The number of halogens is 5. The van der Waals surface area contributed by atoms with E-state index in [0.29, 0.717) is 16.1 Å². The smallest absolute Gasteiger partial charge is 0.182 e. The van der Waals surface area contributed by atoms with Gasteiger partial charge in [-0.2, -0.15) is 0 Å². The van der Waals surface area contributed by atoms with Gasteiger partial charge in [-0.3, -0.25) is 4.57 Å². The Balaban J connectivity index is 2.44. The Morgan fingerprint density at radius 2 is 1.62 bits per heavy atom. The lowest BCUT2D eigenvalue weighted by atomic mass is 10.2. The maximum absolute atomic E-state index is 14.1. The van der Waals surface area contributed by atoms with Crippen molar-refractivity contribution in [2.75, 3.05) is 0 Å². The Morgan fingerprint density at radius 1 is 0.952 bits per heavy atom. The number of aromatic amines is 1. The summed E-state index contributed by atoms with van der Waals surface area (Å²) in [7, 11) is 0. The van der Waals surface area contributed by atoms with E-state index in [-0.39, 0.29) is 20.5 Å². The second-order valence-electron chi connectivity index (χ2n) is 4.27. The highest BCUT2D eigenvalue weighted by Gasteiger charge is 2.17. The van der Waals surface area contributed by atoms with Crippen molar-refractivity contribution in [1.82, 2.24) is 9.55 Å². The fraction of sp³-hybridized carbons (Fsp3) is 0. The molecule has 0 radical (unpaired) electrons. The lowest BCUT2D eigenvalue weighted by Crippen LogP contribution is -2.00. The van der Waals surface area contributed by atoms with Crippen LogP contribution in [0.15, 0.2) is 24.3 Å². The third kappa shape index (κ3) is 2.44. The van der Waals surface area contributed by atoms with Crippen LogP contribution in [0.2, 0.25) is 15.1 Å². The number of imidazole rings is 1. The molecule has 108 valence electrons. The second-order valence-corrected chi connectivity index (χ2v) is 5.88. The lowest BCUT2D eigenvalue weighted by molar-refractivity contribution is 0.578. The molecule has 0 saturated carbocycles. The highest BCUT2D eigenvalue weighted by atomic mass is 35.5. The Bertz CT molecular complexity index is 910. The summed E-state index contributed by atoms with van der Waals surface area (Å²) in [4.78, 5) is 2.88. The molecule has 1 heterocycles. The molecule has 0 spiro atoms. The molecule has 2 nitrogen and oxygen atoms in total. The molecule has 0 fully saturated rings. The number of aromatic nitrogens is 2. The third-order valence-electron chi connectivity index (χ3n) is 2.93. The molecule has 8 heteroatoms. The first kappa shape index (κ1) is 14.8. The van der Waals surface area contributed by atoms with Crippen LogP contribution in [-0.2, 0) is 0 Å². The molecule has 1 N–H and O–H groups in total. The van der Waals surface area contributed by atoms with Crippen LogP contribution in [0.4, 0.5) is 8.78 Å². The Morgan fingerprint density at radius 3 is 2.29 bits per heavy atom. The normalized spacial score (nSPS) is 11.3. The molecule has 0 saturated heterocycles. The van der Waals surface area contributed by atoms with Gasteiger partial charge in [0.2, 0.25) is 0 Å². The van der Waals surface area contributed by atoms with Crippen molar-refractivity contribution in [3.8, 4) is 5.69 Å². The number of benzene rings is 2. The van der Waals surface area contributed by atoms with Gasteiger partial charge in [0.25, 0.3) is 0 Å². The molecule has 0 unspecified atom stereocenters. The summed E-state index contributed by atoms with van der Waals surface area (Å²) >= 11 is 23.0. The summed E-state index contributed by atoms with van der Waals surface area (Å²) in [5.41, 5.74) is 1.00. The van der Waals surface area contributed by atoms with E-state index >= 15 is 0 Å². The fourth-order valence-electron chi connectivity index (χ4n) is 2.07. The number of rotatable bonds is 1. The van der Waals surface area contributed by atoms with E-state index in [1.807, 2.05) is 0 Å². The average molecular weight is 366 g/mol. The van der Waals surface area contributed by atoms with E-state index in [4.69, 9.17) is 47.0 Å². The van der Waals surface area contributed by atoms with Crippen molar-refractivity contribution in [1.29, 1.82) is 0 Å². The molecule has 0 aliphatic heterocycles. The van der Waals surface area contributed by atoms with Gasteiger partial charge >= 0.3 is 0 Å². The number of fused-ring (bicyclic) bond motifs is 1. The summed E-state index contributed by atoms with van der Waals surface area (Å²) in [6.07, 6.45) is 0. The highest BCUT2D eigenvalue weighted by Crippen LogP contribution is 2.32. The quantitative estimate of drug-likeness (QED) is 0.530. The molecule has 0 amide bonds. The van der Waals surface area contributed by atoms with Gasteiger partial charge in [0.1, 0.15) is 11.5 Å². The summed E-state index contributed by atoms with van der Waals surface area (Å²) < 4.78 is 28.8. The zero-order valence-corrected chi connectivity index (χ0v) is 13.1. The van der Waals surface area contributed by atoms with Crippen LogP contribution >= 0.6 is 47.0 Å². The van der Waals surface area contributed by atoms with Gasteiger partial charge in [0.05, 0.1) is 26.1 Å². The second kappa shape index (κ2) is 5.25. The van der Waals surface area contributed by atoms with E-state index in [1.54, 1.807) is 6.07 Å². The fourth-order valence-corrected chi connectivity index (χ4v) is 2.97. The van der Waals surface area contributed by atoms with Crippen LogP contribution in [-0.4, -0.2) is 9.55 Å². The van der Waals surface area contributed by atoms with Crippen molar-refractivity contribution in [2.24, 2.45) is 0 Å². The topological polar surface area (TPSA) is 20.7 Å². The summed E-state index contributed by atoms with van der Waals surface area (Å²) in [6, 6.07) is 4.85. The summed E-state index contributed by atoms with van der Waals surface area (Å²) in [5, 5.41) is 0.513. The predicted molar refractivity (Wildman–Crippen MR) is 83.4 cm³/mol. The van der Waals surface area contributed by atoms with Crippen molar-refractivity contribution in [3.63, 3.8) is 0 Å². The van der Waals surface area contributed by atoms with E-state index < -0.39 is 11.6 Å². The molecule has 0 aliphatic rings. The first-order valence-electron chi connectivity index (χ1n) is 5.63. The molecule has 1 aromatic heterocycles. The van der Waals surface area contributed by atoms with Gasteiger partial charge in [0, 0.05) is 6.07 Å². The SMILES string of the molecule is Fc1cc(F)c(-n2c(=S)[nH]c3cc(Cl)c(Cl)cc32)c(Cl)c1. The van der Waals surface area contributed by atoms with Gasteiger partial charge in [-0.05, 0) is 30.4 Å². The van der Waals surface area contributed by atoms with Crippen LogP contribution in [0.25, 0.3) is 16.7 Å². The van der Waals surface area contributed by atoms with Crippen molar-refractivity contribution in [3.05, 3.63) is 55.7 Å². The molecular formula is C13H5Cl3F2N2S. The number of H-pyrrole nitrogens is 1. The Labute approximate surface area is 137 Å². The van der Waals surface area contributed by atoms with Gasteiger partial charge in [-0.1, -0.05) is 34.8 Å². The lowest BCUT2D eigenvalue weighted by Gasteiger charge is -2.09. The molecule has 0 aliphatic carbocycles. The van der Waals surface area contributed by atoms with E-state index in [0.717, 1.165) is 12.1 Å². The van der Waals surface area contributed by atoms with E-state index in [2.05, 4.69) is 4.98 Å². The van der Waals surface area contributed by atoms with E-state index in [1.165, 1.54) is 10.6 Å². The Hall–Kier alpha value is -1.14. The number of nitrogens with zero attached hydrogens (tertiary/aromatic N) is 1. The van der Waals surface area contributed by atoms with Crippen molar-refractivity contribution < 1.29 is 8.78 Å². The Kier molecular flexibility index (Phi) is 3.69. The van der Waals surface area contributed by atoms with Crippen LogP contribution in [0, 0.1) is 16.4 Å². The van der Waals surface area contributed by atoms with Gasteiger partial charge in [-0.15, -0.1) is 0 Å². The molecular weight excluding hydrogens is 361 g/mol. The number of nitrogens with one attached hydrogen (secondary N) is 1. The first-order valence-corrected chi connectivity index (χ1v) is 7.17. The monoisotopic (exact) mass is 364 g/mol. The number of hydrogen-bond acceptors (Lipinski definition) is 1. The highest BCUT2D eigenvalue weighted by molar-refractivity contribution is 7.71. The molecule has 3 rings (SSSR count). The molecule has 0 bridgehead atoms. The maximum atomic E-state index is 14.1. The van der Waals surface area contributed by atoms with Gasteiger partial charge in [-0.25, -0.2) is 8.78 Å². The van der Waals surface area contributed by atoms with Gasteiger partial charge < -0.3 is 4.98 Å². The zero-order valence-electron chi connectivity index (χ0n) is 10.1. The zero-order chi connectivity index (χ0) is 15.3. The molecule has 2 aromatic carbocycles. The number of hydrogen-bond donors (Lipinski definition) is 1. The van der Waals surface area contributed by atoms with Crippen LogP contribution in [0.1, 0.15) is 0 Å². The minimum Gasteiger partial charge on any atom is -0.330 e. The molecule has 0 atom stereocenters. The summed E-state index contributed by atoms with van der Waals surface area (Å²) in [5.74, 6) is -1.60. The van der Waals surface area contributed by atoms with Crippen LogP contribution < -0.4 is 0 Å². The minimum atomic E-state index is -0.830. The molecule has 21 heavy (non-hydrogen) atoms. The van der Waals surface area contributed by atoms with Crippen molar-refractivity contribution in [2.45, 2.75) is 0 Å². The predicted octanol–water partition coefficient (Wildman–Crippen LogP) is 5.93. The van der Waals surface area contributed by atoms with Crippen LogP contribution in [0.3, 0.4) is 0 Å². The van der Waals surface area contributed by atoms with E-state index in [9.17, 15) is 8.78 Å². The maximum Gasteiger partial charge on any atom is 0.182 e. The largest absolute Gasteiger partial charge is 0.330 e. The average Bonchev–Trinajstić information content (AvgIpc) is 2.66. The molecule has 3 aromatic rings. The van der Waals surface area contributed by atoms with Crippen LogP contribution in [0.5, 0.6) is 0 Å². The first-order chi connectivity index (χ1) is 9.88. The van der Waals surface area contributed by atoms with Crippen molar-refractivity contribution >= 4 is 58.1 Å².